The molecule has 1 aromatic rings. The Morgan fingerprint density at radius 3 is 2.53 bits per heavy atom. The van der Waals surface area contributed by atoms with Crippen LogP contribution in [0.15, 0.2) is 23.1 Å². The van der Waals surface area contributed by atoms with E-state index in [1.807, 2.05) is 13.8 Å². The molecule has 0 saturated carbocycles. The van der Waals surface area contributed by atoms with Crippen molar-refractivity contribution in [2.24, 2.45) is 0 Å². The lowest BCUT2D eigenvalue weighted by Crippen LogP contribution is -2.30. The fraction of sp³-hybridized carbons (Fsp3) is 0.462. The highest BCUT2D eigenvalue weighted by Crippen LogP contribution is 2.14. The second-order valence-corrected chi connectivity index (χ2v) is 6.05. The summed E-state index contributed by atoms with van der Waals surface area (Å²) in [6.07, 6.45) is 0.614. The fourth-order valence-corrected chi connectivity index (χ4v) is 2.62. The molecule has 1 N–H and O–H groups in total. The first-order valence-corrected chi connectivity index (χ1v) is 7.47. The van der Waals surface area contributed by atoms with Crippen molar-refractivity contribution in [2.45, 2.75) is 31.6 Å². The van der Waals surface area contributed by atoms with Crippen molar-refractivity contribution in [3.05, 3.63) is 29.3 Å². The average Bonchev–Trinajstić information content (AvgIpc) is 2.32. The quantitative estimate of drug-likeness (QED) is 0.805. The van der Waals surface area contributed by atoms with E-state index in [2.05, 4.69) is 4.72 Å². The van der Waals surface area contributed by atoms with Gasteiger partial charge in [0.25, 0.3) is 10.0 Å². The summed E-state index contributed by atoms with van der Waals surface area (Å²) >= 11 is 0. The van der Waals surface area contributed by atoms with E-state index in [0.29, 0.717) is 13.0 Å². The van der Waals surface area contributed by atoms with Crippen LogP contribution in [0.4, 0.5) is 0 Å². The second kappa shape index (κ2) is 6.68. The number of hydrogen-bond acceptors (Lipinski definition) is 4. The number of benzene rings is 1. The van der Waals surface area contributed by atoms with Crippen LogP contribution in [0.25, 0.3) is 0 Å². The molecule has 0 spiro atoms. The minimum atomic E-state index is -3.78. The van der Waals surface area contributed by atoms with Gasteiger partial charge in [0.05, 0.1) is 4.90 Å². The highest BCUT2D eigenvalue weighted by atomic mass is 32.2. The Labute approximate surface area is 114 Å². The summed E-state index contributed by atoms with van der Waals surface area (Å²) < 4.78 is 30.8. The van der Waals surface area contributed by atoms with E-state index in [4.69, 9.17) is 4.74 Å². The van der Waals surface area contributed by atoms with E-state index in [0.717, 1.165) is 11.1 Å². The molecule has 0 fully saturated rings. The summed E-state index contributed by atoms with van der Waals surface area (Å²) in [6, 6.07) is 4.77. The SMILES string of the molecule is COCCCC(=O)NS(=O)(=O)c1ccc(C)c(C)c1. The Balaban J connectivity index is 2.75. The Morgan fingerprint density at radius 2 is 1.95 bits per heavy atom. The van der Waals surface area contributed by atoms with Crippen molar-refractivity contribution in [1.82, 2.24) is 4.72 Å². The molecule has 0 heterocycles. The molecular formula is C13H19NO4S. The van der Waals surface area contributed by atoms with Crippen molar-refractivity contribution in [3.63, 3.8) is 0 Å². The topological polar surface area (TPSA) is 72.5 Å². The number of hydrogen-bond donors (Lipinski definition) is 1. The Hall–Kier alpha value is -1.40. The van der Waals surface area contributed by atoms with Crippen LogP contribution in [0.1, 0.15) is 24.0 Å². The molecular weight excluding hydrogens is 266 g/mol. The van der Waals surface area contributed by atoms with Crippen LogP contribution < -0.4 is 4.72 Å². The van der Waals surface area contributed by atoms with Crippen molar-refractivity contribution in [3.8, 4) is 0 Å². The summed E-state index contributed by atoms with van der Waals surface area (Å²) in [7, 11) is -2.24. The predicted molar refractivity (Wildman–Crippen MR) is 72.4 cm³/mol. The summed E-state index contributed by atoms with van der Waals surface area (Å²) in [4.78, 5) is 11.6. The molecule has 0 aliphatic rings. The van der Waals surface area contributed by atoms with E-state index >= 15 is 0 Å². The van der Waals surface area contributed by atoms with Gasteiger partial charge in [-0.25, -0.2) is 13.1 Å². The molecule has 5 nitrogen and oxygen atoms in total. The molecule has 0 bridgehead atoms. The number of carbonyl (C=O) groups is 1. The molecule has 0 radical (unpaired) electrons. The zero-order chi connectivity index (χ0) is 14.5. The summed E-state index contributed by atoms with van der Waals surface area (Å²) in [5.74, 6) is -0.518. The normalized spacial score (nSPS) is 11.3. The molecule has 0 unspecified atom stereocenters. The Morgan fingerprint density at radius 1 is 1.26 bits per heavy atom. The second-order valence-electron chi connectivity index (χ2n) is 4.37. The van der Waals surface area contributed by atoms with Gasteiger partial charge in [0, 0.05) is 20.1 Å². The largest absolute Gasteiger partial charge is 0.385 e. The minimum absolute atomic E-state index is 0.107. The molecule has 0 aliphatic heterocycles. The van der Waals surface area contributed by atoms with E-state index in [9.17, 15) is 13.2 Å². The zero-order valence-electron chi connectivity index (χ0n) is 11.4. The van der Waals surface area contributed by atoms with Gasteiger partial charge in [-0.1, -0.05) is 6.07 Å². The molecule has 0 aromatic heterocycles. The number of methoxy groups -OCH3 is 1. The lowest BCUT2D eigenvalue weighted by Gasteiger charge is -2.08. The maximum absolute atomic E-state index is 12.0. The monoisotopic (exact) mass is 285 g/mol. The summed E-state index contributed by atoms with van der Waals surface area (Å²) in [6.45, 7) is 4.15. The van der Waals surface area contributed by atoms with Crippen LogP contribution in [-0.2, 0) is 19.6 Å². The molecule has 0 aliphatic carbocycles. The fourth-order valence-electron chi connectivity index (χ4n) is 1.52. The molecule has 0 saturated heterocycles. The smallest absolute Gasteiger partial charge is 0.264 e. The van der Waals surface area contributed by atoms with Gasteiger partial charge < -0.3 is 4.74 Å². The van der Waals surface area contributed by atoms with Crippen LogP contribution in [0.3, 0.4) is 0 Å². The van der Waals surface area contributed by atoms with Gasteiger partial charge in [-0.3, -0.25) is 4.79 Å². The number of sulfonamides is 1. The number of aryl methyl sites for hydroxylation is 2. The lowest BCUT2D eigenvalue weighted by molar-refractivity contribution is -0.119. The van der Waals surface area contributed by atoms with Gasteiger partial charge in [-0.05, 0) is 43.5 Å². The number of ether oxygens (including phenoxy) is 1. The number of nitrogens with one attached hydrogen (secondary N) is 1. The van der Waals surface area contributed by atoms with Gasteiger partial charge in [-0.15, -0.1) is 0 Å². The van der Waals surface area contributed by atoms with Gasteiger partial charge in [0.1, 0.15) is 0 Å². The predicted octanol–water partition coefficient (Wildman–Crippen LogP) is 1.53. The Bertz CT molecular complexity index is 552. The summed E-state index contributed by atoms with van der Waals surface area (Å²) in [5.41, 5.74) is 1.88. The van der Waals surface area contributed by atoms with Crippen LogP contribution >= 0.6 is 0 Å². The van der Waals surface area contributed by atoms with Gasteiger partial charge in [0.15, 0.2) is 0 Å². The van der Waals surface area contributed by atoms with Crippen LogP contribution in [0.2, 0.25) is 0 Å². The van der Waals surface area contributed by atoms with Crippen molar-refractivity contribution < 1.29 is 17.9 Å². The van der Waals surface area contributed by atoms with Crippen molar-refractivity contribution in [1.29, 1.82) is 0 Å². The molecule has 106 valence electrons. The Kier molecular flexibility index (Phi) is 5.50. The molecule has 19 heavy (non-hydrogen) atoms. The van der Waals surface area contributed by atoms with E-state index in [1.54, 1.807) is 12.1 Å². The minimum Gasteiger partial charge on any atom is -0.385 e. The van der Waals surface area contributed by atoms with Gasteiger partial charge in [0.2, 0.25) is 5.91 Å². The first-order chi connectivity index (χ1) is 8.86. The first kappa shape index (κ1) is 15.7. The highest BCUT2D eigenvalue weighted by molar-refractivity contribution is 7.90. The number of rotatable bonds is 6. The van der Waals surface area contributed by atoms with Crippen LogP contribution in [0.5, 0.6) is 0 Å². The molecule has 1 aromatic carbocycles. The van der Waals surface area contributed by atoms with Gasteiger partial charge >= 0.3 is 0 Å². The highest BCUT2D eigenvalue weighted by Gasteiger charge is 2.17. The summed E-state index contributed by atoms with van der Waals surface area (Å²) in [5, 5.41) is 0. The third-order valence-corrected chi connectivity index (χ3v) is 4.16. The molecule has 1 amide bonds. The first-order valence-electron chi connectivity index (χ1n) is 5.98. The maximum Gasteiger partial charge on any atom is 0.264 e. The van der Waals surface area contributed by atoms with Crippen molar-refractivity contribution >= 4 is 15.9 Å². The lowest BCUT2D eigenvalue weighted by atomic mass is 10.1. The van der Waals surface area contributed by atoms with Crippen LogP contribution in [-0.4, -0.2) is 28.0 Å². The van der Waals surface area contributed by atoms with E-state index in [-0.39, 0.29) is 11.3 Å². The maximum atomic E-state index is 12.0. The van der Waals surface area contributed by atoms with Gasteiger partial charge in [-0.2, -0.15) is 0 Å². The molecule has 6 heteroatoms. The van der Waals surface area contributed by atoms with Crippen LogP contribution in [0, 0.1) is 13.8 Å². The molecule has 1 rings (SSSR count). The van der Waals surface area contributed by atoms with E-state index < -0.39 is 15.9 Å². The zero-order valence-corrected chi connectivity index (χ0v) is 12.2. The van der Waals surface area contributed by atoms with Crippen molar-refractivity contribution in [2.75, 3.05) is 13.7 Å². The van der Waals surface area contributed by atoms with E-state index in [1.165, 1.54) is 13.2 Å². The third kappa shape index (κ3) is 4.65. The number of amides is 1. The molecule has 0 atom stereocenters. The standard InChI is InChI=1S/C13H19NO4S/c1-10-6-7-12(9-11(10)2)19(16,17)14-13(15)5-4-8-18-3/h6-7,9H,4-5,8H2,1-3H3,(H,14,15). The third-order valence-electron chi connectivity index (χ3n) is 2.79. The average molecular weight is 285 g/mol. The number of carbonyl (C=O) groups excluding carboxylic acids is 1.